The summed E-state index contributed by atoms with van der Waals surface area (Å²) in [5.41, 5.74) is 0.562. The van der Waals surface area contributed by atoms with E-state index in [1.165, 1.54) is 18.5 Å². The second kappa shape index (κ2) is 8.17. The third-order valence-electron chi connectivity index (χ3n) is 4.16. The molecule has 11 nitrogen and oxygen atoms in total. The Bertz CT molecular complexity index is 1110. The number of likely N-dealkylation sites (N-methyl/N-ethyl adjacent to an activating group) is 1. The quantitative estimate of drug-likeness (QED) is 0.241. The highest BCUT2D eigenvalue weighted by atomic mass is 16.1. The predicted molar refractivity (Wildman–Crippen MR) is 101 cm³/mol. The van der Waals surface area contributed by atoms with Gasteiger partial charge in [0.05, 0.1) is 24.0 Å². The van der Waals surface area contributed by atoms with Gasteiger partial charge in [-0.3, -0.25) is 9.59 Å². The average Bonchev–Trinajstić information content (AvgIpc) is 3.21. The molecule has 0 saturated heterocycles. The number of nitrogens with zero attached hydrogens (tertiary/aromatic N) is 9. The standard InChI is InChI=1S/C17H17N9O2/c1-4-5-26-17(28)14-7-15(13(9-27)6-16(14)20-22-26)18-10-24(3)12(2)8-25-11-19-21-23-25/h1,6-7,9-12H,5,8H2,2-3H3/t12-/m1/s1. The van der Waals surface area contributed by atoms with Crippen molar-refractivity contribution in [3.8, 4) is 12.3 Å². The van der Waals surface area contributed by atoms with Gasteiger partial charge >= 0.3 is 0 Å². The van der Waals surface area contributed by atoms with Crippen LogP contribution in [0.15, 0.2) is 28.2 Å². The number of fused-ring (bicyclic) bond motifs is 1. The first-order chi connectivity index (χ1) is 13.5. The van der Waals surface area contributed by atoms with E-state index in [2.05, 4.69) is 36.8 Å². The molecule has 0 saturated carbocycles. The molecule has 0 amide bonds. The summed E-state index contributed by atoms with van der Waals surface area (Å²) in [6, 6.07) is 3.03. The summed E-state index contributed by atoms with van der Waals surface area (Å²) in [4.78, 5) is 30.1. The van der Waals surface area contributed by atoms with Gasteiger partial charge in [-0.1, -0.05) is 11.1 Å². The lowest BCUT2D eigenvalue weighted by Crippen LogP contribution is -2.31. The van der Waals surface area contributed by atoms with Crippen molar-refractivity contribution >= 4 is 29.2 Å². The molecular formula is C17H17N9O2. The molecule has 0 bridgehead atoms. The number of tetrazole rings is 1. The van der Waals surface area contributed by atoms with Crippen molar-refractivity contribution in [3.05, 3.63) is 34.4 Å². The van der Waals surface area contributed by atoms with Crippen LogP contribution in [0.1, 0.15) is 17.3 Å². The molecule has 11 heteroatoms. The molecule has 0 N–H and O–H groups in total. The van der Waals surface area contributed by atoms with E-state index >= 15 is 0 Å². The van der Waals surface area contributed by atoms with E-state index in [1.54, 1.807) is 11.0 Å². The van der Waals surface area contributed by atoms with Crippen molar-refractivity contribution in [1.82, 2.24) is 40.1 Å². The largest absolute Gasteiger partial charge is 0.361 e. The Morgan fingerprint density at radius 1 is 1.39 bits per heavy atom. The number of aromatic nitrogens is 7. The average molecular weight is 379 g/mol. The molecule has 1 aromatic carbocycles. The highest BCUT2D eigenvalue weighted by Gasteiger charge is 2.11. The van der Waals surface area contributed by atoms with E-state index in [0.29, 0.717) is 29.6 Å². The fourth-order valence-corrected chi connectivity index (χ4v) is 2.46. The Balaban J connectivity index is 1.91. The normalized spacial score (nSPS) is 12.2. The van der Waals surface area contributed by atoms with Crippen molar-refractivity contribution in [2.24, 2.45) is 4.99 Å². The molecule has 2 heterocycles. The number of aldehydes is 1. The molecule has 2 aromatic heterocycles. The Morgan fingerprint density at radius 3 is 2.89 bits per heavy atom. The van der Waals surface area contributed by atoms with Gasteiger partial charge in [0, 0.05) is 18.7 Å². The molecule has 0 unspecified atom stereocenters. The molecular weight excluding hydrogens is 362 g/mol. The predicted octanol–water partition coefficient (Wildman–Crippen LogP) is -0.0960. The van der Waals surface area contributed by atoms with Crippen LogP contribution in [0.5, 0.6) is 0 Å². The highest BCUT2D eigenvalue weighted by molar-refractivity contribution is 5.93. The van der Waals surface area contributed by atoms with Gasteiger partial charge in [0.2, 0.25) is 0 Å². The van der Waals surface area contributed by atoms with E-state index in [9.17, 15) is 9.59 Å². The zero-order valence-corrected chi connectivity index (χ0v) is 15.3. The molecule has 3 aromatic rings. The fourth-order valence-electron chi connectivity index (χ4n) is 2.46. The Kier molecular flexibility index (Phi) is 5.50. The summed E-state index contributed by atoms with van der Waals surface area (Å²) >= 11 is 0. The first-order valence-electron chi connectivity index (χ1n) is 8.30. The number of hydrogen-bond donors (Lipinski definition) is 0. The van der Waals surface area contributed by atoms with Crippen molar-refractivity contribution in [1.29, 1.82) is 0 Å². The van der Waals surface area contributed by atoms with Crippen LogP contribution in [0.2, 0.25) is 0 Å². The monoisotopic (exact) mass is 379 g/mol. The van der Waals surface area contributed by atoms with E-state index in [4.69, 9.17) is 6.42 Å². The fraction of sp³-hybridized carbons (Fsp3) is 0.294. The van der Waals surface area contributed by atoms with Crippen molar-refractivity contribution in [2.75, 3.05) is 7.05 Å². The SMILES string of the molecule is C#CCn1nnc2cc(C=O)c(N=CN(C)[C@H](C)Cn3cnnn3)cc2c1=O. The van der Waals surface area contributed by atoms with Gasteiger partial charge in [0.25, 0.3) is 5.56 Å². The van der Waals surface area contributed by atoms with Crippen molar-refractivity contribution < 1.29 is 4.79 Å². The van der Waals surface area contributed by atoms with Crippen LogP contribution >= 0.6 is 0 Å². The van der Waals surface area contributed by atoms with E-state index in [-0.39, 0.29) is 18.0 Å². The van der Waals surface area contributed by atoms with E-state index in [0.717, 1.165) is 4.68 Å². The molecule has 0 spiro atoms. The van der Waals surface area contributed by atoms with Crippen LogP contribution in [-0.2, 0) is 13.1 Å². The lowest BCUT2D eigenvalue weighted by atomic mass is 10.1. The Labute approximate surface area is 159 Å². The summed E-state index contributed by atoms with van der Waals surface area (Å²) in [5, 5.41) is 19.0. The molecule has 28 heavy (non-hydrogen) atoms. The maximum atomic E-state index is 12.5. The third-order valence-corrected chi connectivity index (χ3v) is 4.16. The van der Waals surface area contributed by atoms with Crippen LogP contribution in [-0.4, -0.2) is 65.8 Å². The van der Waals surface area contributed by atoms with Crippen molar-refractivity contribution in [2.45, 2.75) is 26.1 Å². The number of aliphatic imine (C=N–C) groups is 1. The van der Waals surface area contributed by atoms with Crippen LogP contribution in [0.4, 0.5) is 5.69 Å². The van der Waals surface area contributed by atoms with Gasteiger partial charge in [-0.25, -0.2) is 9.67 Å². The zero-order chi connectivity index (χ0) is 20.1. The number of carbonyl (C=O) groups is 1. The molecule has 0 radical (unpaired) electrons. The van der Waals surface area contributed by atoms with Gasteiger partial charge in [0.15, 0.2) is 6.29 Å². The second-order valence-corrected chi connectivity index (χ2v) is 6.09. The van der Waals surface area contributed by atoms with Crippen LogP contribution in [0, 0.1) is 12.3 Å². The lowest BCUT2D eigenvalue weighted by Gasteiger charge is -2.21. The van der Waals surface area contributed by atoms with Gasteiger partial charge in [0.1, 0.15) is 18.4 Å². The third kappa shape index (κ3) is 3.90. The second-order valence-electron chi connectivity index (χ2n) is 6.09. The van der Waals surface area contributed by atoms with Crippen LogP contribution < -0.4 is 5.56 Å². The van der Waals surface area contributed by atoms with Gasteiger partial charge in [-0.05, 0) is 29.5 Å². The number of benzene rings is 1. The summed E-state index contributed by atoms with van der Waals surface area (Å²) in [6.07, 6.45) is 9.00. The van der Waals surface area contributed by atoms with Crippen LogP contribution in [0.3, 0.4) is 0 Å². The first-order valence-corrected chi connectivity index (χ1v) is 8.30. The molecule has 0 aliphatic rings. The van der Waals surface area contributed by atoms with E-state index < -0.39 is 5.56 Å². The number of rotatable bonds is 7. The first kappa shape index (κ1) is 18.8. The van der Waals surface area contributed by atoms with Gasteiger partial charge in [-0.15, -0.1) is 16.6 Å². The number of terminal acetylenes is 1. The topological polar surface area (TPSA) is 124 Å². The zero-order valence-electron chi connectivity index (χ0n) is 15.3. The maximum Gasteiger partial charge on any atom is 0.278 e. The smallest absolute Gasteiger partial charge is 0.278 e. The molecule has 142 valence electrons. The van der Waals surface area contributed by atoms with Gasteiger partial charge < -0.3 is 4.90 Å². The van der Waals surface area contributed by atoms with Crippen molar-refractivity contribution in [3.63, 3.8) is 0 Å². The van der Waals surface area contributed by atoms with Gasteiger partial charge in [-0.2, -0.15) is 4.68 Å². The molecule has 0 aliphatic carbocycles. The summed E-state index contributed by atoms with van der Waals surface area (Å²) < 4.78 is 2.69. The highest BCUT2D eigenvalue weighted by Crippen LogP contribution is 2.22. The summed E-state index contributed by atoms with van der Waals surface area (Å²) in [7, 11) is 1.84. The molecule has 0 aliphatic heterocycles. The minimum atomic E-state index is -0.391. The lowest BCUT2D eigenvalue weighted by molar-refractivity contribution is 0.112. The Morgan fingerprint density at radius 2 is 2.21 bits per heavy atom. The summed E-state index contributed by atoms with van der Waals surface area (Å²) in [6.45, 7) is 2.54. The maximum absolute atomic E-state index is 12.5. The Hall–Kier alpha value is -3.94. The van der Waals surface area contributed by atoms with E-state index in [1.807, 2.05) is 18.9 Å². The summed E-state index contributed by atoms with van der Waals surface area (Å²) in [5.74, 6) is 2.35. The number of carbonyl (C=O) groups excluding carboxylic acids is 1. The van der Waals surface area contributed by atoms with Crippen LogP contribution in [0.25, 0.3) is 10.9 Å². The molecule has 0 fully saturated rings. The minimum Gasteiger partial charge on any atom is -0.361 e. The number of hydrogen-bond acceptors (Lipinski definition) is 8. The molecule has 3 rings (SSSR count). The molecule has 1 atom stereocenters. The minimum absolute atomic E-state index is 0.00714.